The van der Waals surface area contributed by atoms with Crippen molar-refractivity contribution in [2.45, 2.75) is 43.4 Å². The van der Waals surface area contributed by atoms with Crippen LogP contribution >= 0.6 is 0 Å². The van der Waals surface area contributed by atoms with Gasteiger partial charge in [0.05, 0.1) is 11.7 Å². The molecule has 7 heteroatoms. The Morgan fingerprint density at radius 3 is 2.64 bits per heavy atom. The van der Waals surface area contributed by atoms with Gasteiger partial charge < -0.3 is 20.7 Å². The number of amides is 1. The van der Waals surface area contributed by atoms with Crippen LogP contribution in [0, 0.1) is 0 Å². The lowest BCUT2D eigenvalue weighted by atomic mass is 9.80. The lowest BCUT2D eigenvalue weighted by Crippen LogP contribution is -2.44. The van der Waals surface area contributed by atoms with Crippen molar-refractivity contribution in [3.63, 3.8) is 0 Å². The van der Waals surface area contributed by atoms with Crippen molar-refractivity contribution in [1.82, 2.24) is 19.9 Å². The van der Waals surface area contributed by atoms with Crippen LogP contribution in [-0.4, -0.2) is 25.5 Å². The van der Waals surface area contributed by atoms with Crippen molar-refractivity contribution < 1.29 is 9.90 Å². The van der Waals surface area contributed by atoms with E-state index < -0.39 is 11.5 Å². The quantitative estimate of drug-likeness (QED) is 0.357. The first-order valence-electron chi connectivity index (χ1n) is 12.3. The number of imidazole rings is 1. The Bertz CT molecular complexity index is 1350. The highest BCUT2D eigenvalue weighted by atomic mass is 16.3. The second-order valence-corrected chi connectivity index (χ2v) is 9.40. The number of nitrogens with two attached hydrogens (primary N) is 1. The van der Waals surface area contributed by atoms with Crippen molar-refractivity contribution in [1.29, 1.82) is 0 Å². The Morgan fingerprint density at radius 1 is 1.11 bits per heavy atom. The number of aliphatic hydroxyl groups is 1. The van der Waals surface area contributed by atoms with E-state index in [2.05, 4.69) is 16.4 Å². The molecule has 1 aliphatic rings. The summed E-state index contributed by atoms with van der Waals surface area (Å²) in [4.78, 5) is 22.1. The minimum absolute atomic E-state index is 0.0340. The molecule has 1 amide bonds. The summed E-state index contributed by atoms with van der Waals surface area (Å²) in [6, 6.07) is 20.3. The monoisotopic (exact) mass is 481 g/mol. The second-order valence-electron chi connectivity index (χ2n) is 9.40. The third-order valence-electron chi connectivity index (χ3n) is 7.18. The summed E-state index contributed by atoms with van der Waals surface area (Å²) >= 11 is 0. The summed E-state index contributed by atoms with van der Waals surface area (Å²) in [5, 5.41) is 15.7. The third-order valence-corrected chi connectivity index (χ3v) is 7.18. The lowest BCUT2D eigenvalue weighted by molar-refractivity contribution is -0.133. The van der Waals surface area contributed by atoms with Gasteiger partial charge in [-0.1, -0.05) is 60.7 Å². The van der Waals surface area contributed by atoms with Crippen LogP contribution < -0.4 is 11.1 Å². The molecule has 1 aliphatic carbocycles. The zero-order valence-electron chi connectivity index (χ0n) is 20.3. The molecule has 2 aromatic heterocycles. The average molecular weight is 482 g/mol. The minimum atomic E-state index is -1.98. The first-order valence-corrected chi connectivity index (χ1v) is 12.3. The lowest BCUT2D eigenvalue weighted by Gasteiger charge is -2.34. The fraction of sp³-hybridized carbons (Fsp3) is 0.276. The minimum Gasteiger partial charge on any atom is -0.372 e. The SMILES string of the molecule is Cn1ccnc1CC(NC1CCCc2cccnc21)c1ccccc1C(O)(C(N)=O)c1ccccc1. The Balaban J connectivity index is 1.62. The summed E-state index contributed by atoms with van der Waals surface area (Å²) in [5.41, 5.74) is 7.90. The molecule has 4 aromatic rings. The van der Waals surface area contributed by atoms with Gasteiger partial charge in [-0.15, -0.1) is 0 Å². The zero-order chi connectivity index (χ0) is 25.1. The van der Waals surface area contributed by atoms with E-state index in [1.54, 1.807) is 36.5 Å². The Hall–Kier alpha value is -3.81. The molecule has 36 heavy (non-hydrogen) atoms. The number of carbonyl (C=O) groups is 1. The molecule has 0 saturated heterocycles. The fourth-order valence-corrected chi connectivity index (χ4v) is 5.29. The van der Waals surface area contributed by atoms with Crippen molar-refractivity contribution in [3.05, 3.63) is 119 Å². The molecule has 3 atom stereocenters. The molecule has 0 aliphatic heterocycles. The van der Waals surface area contributed by atoms with E-state index >= 15 is 0 Å². The third kappa shape index (κ3) is 4.43. The molecule has 2 aromatic carbocycles. The van der Waals surface area contributed by atoms with Crippen LogP contribution in [0.4, 0.5) is 0 Å². The van der Waals surface area contributed by atoms with Gasteiger partial charge in [-0.25, -0.2) is 4.98 Å². The summed E-state index contributed by atoms with van der Waals surface area (Å²) in [7, 11) is 1.96. The number of aromatic nitrogens is 3. The van der Waals surface area contributed by atoms with Gasteiger partial charge in [0.1, 0.15) is 5.82 Å². The number of nitrogens with zero attached hydrogens (tertiary/aromatic N) is 3. The van der Waals surface area contributed by atoms with Crippen LogP contribution in [0.1, 0.15) is 58.7 Å². The van der Waals surface area contributed by atoms with Gasteiger partial charge in [-0.2, -0.15) is 0 Å². The molecule has 5 rings (SSSR count). The Morgan fingerprint density at radius 2 is 1.89 bits per heavy atom. The molecule has 184 valence electrons. The molecule has 0 saturated carbocycles. The summed E-state index contributed by atoms with van der Waals surface area (Å²) in [5.74, 6) is 0.0725. The van der Waals surface area contributed by atoms with E-state index in [0.29, 0.717) is 17.5 Å². The molecule has 2 heterocycles. The molecule has 0 spiro atoms. The second kappa shape index (κ2) is 10.0. The van der Waals surface area contributed by atoms with E-state index in [4.69, 9.17) is 10.7 Å². The molecule has 3 unspecified atom stereocenters. The number of benzene rings is 2. The van der Waals surface area contributed by atoms with Crippen LogP contribution in [0.2, 0.25) is 0 Å². The summed E-state index contributed by atoms with van der Waals surface area (Å²) in [6.07, 6.45) is 9.10. The summed E-state index contributed by atoms with van der Waals surface area (Å²) in [6.45, 7) is 0. The normalized spacial score (nSPS) is 17.7. The van der Waals surface area contributed by atoms with Crippen molar-refractivity contribution in [2.75, 3.05) is 0 Å². The maximum atomic E-state index is 12.8. The zero-order valence-corrected chi connectivity index (χ0v) is 20.3. The van der Waals surface area contributed by atoms with Crippen molar-refractivity contribution in [3.8, 4) is 0 Å². The van der Waals surface area contributed by atoms with Gasteiger partial charge >= 0.3 is 0 Å². The Kier molecular flexibility index (Phi) is 6.67. The van der Waals surface area contributed by atoms with E-state index in [0.717, 1.165) is 36.3 Å². The fourth-order valence-electron chi connectivity index (χ4n) is 5.29. The number of fused-ring (bicyclic) bond motifs is 1. The van der Waals surface area contributed by atoms with Gasteiger partial charge in [0.25, 0.3) is 5.91 Å². The van der Waals surface area contributed by atoms with Crippen LogP contribution in [0.3, 0.4) is 0 Å². The maximum absolute atomic E-state index is 12.8. The average Bonchev–Trinajstić information content (AvgIpc) is 3.32. The van der Waals surface area contributed by atoms with Crippen molar-refractivity contribution in [2.24, 2.45) is 12.8 Å². The van der Waals surface area contributed by atoms with Crippen molar-refractivity contribution >= 4 is 5.91 Å². The van der Waals surface area contributed by atoms with Gasteiger partial charge in [0.2, 0.25) is 0 Å². The van der Waals surface area contributed by atoms with E-state index in [-0.39, 0.29) is 12.1 Å². The molecule has 4 N–H and O–H groups in total. The number of pyridine rings is 1. The molecule has 7 nitrogen and oxygen atoms in total. The van der Waals surface area contributed by atoms with Gasteiger partial charge in [0.15, 0.2) is 5.60 Å². The van der Waals surface area contributed by atoms with Gasteiger partial charge in [-0.3, -0.25) is 9.78 Å². The highest BCUT2D eigenvalue weighted by Crippen LogP contribution is 2.37. The highest BCUT2D eigenvalue weighted by Gasteiger charge is 2.41. The van der Waals surface area contributed by atoms with Crippen LogP contribution in [-0.2, 0) is 30.3 Å². The van der Waals surface area contributed by atoms with Crippen LogP contribution in [0.5, 0.6) is 0 Å². The first-order chi connectivity index (χ1) is 17.5. The first kappa shape index (κ1) is 23.9. The largest absolute Gasteiger partial charge is 0.372 e. The maximum Gasteiger partial charge on any atom is 0.258 e. The number of nitrogens with one attached hydrogen (secondary N) is 1. The van der Waals surface area contributed by atoms with Crippen LogP contribution in [0.15, 0.2) is 85.3 Å². The summed E-state index contributed by atoms with van der Waals surface area (Å²) < 4.78 is 1.99. The molecular weight excluding hydrogens is 450 g/mol. The smallest absolute Gasteiger partial charge is 0.258 e. The topological polar surface area (TPSA) is 106 Å². The number of aryl methyl sites for hydroxylation is 2. The predicted octanol–water partition coefficient (Wildman–Crippen LogP) is 3.49. The molecule has 0 fully saturated rings. The highest BCUT2D eigenvalue weighted by molar-refractivity contribution is 5.89. The predicted molar refractivity (Wildman–Crippen MR) is 138 cm³/mol. The molecule has 0 radical (unpaired) electrons. The van der Waals surface area contributed by atoms with E-state index in [1.807, 2.05) is 54.3 Å². The standard InChI is InChI=1S/C29H31N5O2/c1-34-18-17-31-26(34)19-25(33-24-15-7-9-20-10-8-16-32-27(20)24)22-13-5-6-14-23(22)29(36,28(30)35)21-11-3-2-4-12-21/h2-6,8,10-14,16-18,24-25,33,36H,7,9,15,19H2,1H3,(H2,30,35). The van der Waals surface area contributed by atoms with Gasteiger partial charge in [0, 0.05) is 43.7 Å². The Labute approximate surface area is 211 Å². The van der Waals surface area contributed by atoms with Gasteiger partial charge in [-0.05, 0) is 42.0 Å². The van der Waals surface area contributed by atoms with Crippen LogP contribution in [0.25, 0.3) is 0 Å². The number of primary amides is 1. The number of hydrogen-bond acceptors (Lipinski definition) is 5. The molecular formula is C29H31N5O2. The number of hydrogen-bond donors (Lipinski definition) is 3. The van der Waals surface area contributed by atoms with E-state index in [9.17, 15) is 9.90 Å². The number of rotatable bonds is 8. The van der Waals surface area contributed by atoms with E-state index in [1.165, 1.54) is 5.56 Å². The number of carbonyl (C=O) groups excluding carboxylic acids is 1. The molecule has 0 bridgehead atoms.